The second-order valence-electron chi connectivity index (χ2n) is 2.42. The maximum absolute atomic E-state index is 9.33. The third-order valence-electron chi connectivity index (χ3n) is 1.67. The maximum atomic E-state index is 9.33. The number of nitrogen functional groups attached to an aromatic ring is 4. The first-order valence-electron chi connectivity index (χ1n) is 3.17. The molecule has 66 valence electrons. The molecular formula is C6H11N4OP. The van der Waals surface area contributed by atoms with E-state index in [0.717, 1.165) is 0 Å². The van der Waals surface area contributed by atoms with Gasteiger partial charge in [-0.25, -0.2) is 0 Å². The highest BCUT2D eigenvalue weighted by Gasteiger charge is 2.13. The fraction of sp³-hybridized carbons (Fsp3) is 0. The summed E-state index contributed by atoms with van der Waals surface area (Å²) in [7, 11) is 2.25. The van der Waals surface area contributed by atoms with Crippen LogP contribution in [0, 0.1) is 0 Å². The zero-order valence-electron chi connectivity index (χ0n) is 6.33. The normalized spacial score (nSPS) is 10.1. The first-order valence-corrected chi connectivity index (χ1v) is 3.74. The average Bonchev–Trinajstić information content (AvgIpc) is 2.08. The molecule has 0 saturated heterocycles. The molecule has 0 aliphatic carbocycles. The van der Waals surface area contributed by atoms with E-state index in [-0.39, 0.29) is 28.5 Å². The lowest BCUT2D eigenvalue weighted by Gasteiger charge is -2.12. The molecule has 0 heterocycles. The largest absolute Gasteiger partial charge is 0.505 e. The van der Waals surface area contributed by atoms with Crippen molar-refractivity contribution in [2.75, 3.05) is 22.9 Å². The molecule has 0 aliphatic heterocycles. The minimum absolute atomic E-state index is 0.0618. The number of benzene rings is 1. The van der Waals surface area contributed by atoms with Gasteiger partial charge in [0.1, 0.15) is 11.4 Å². The van der Waals surface area contributed by atoms with Crippen LogP contribution in [-0.4, -0.2) is 5.11 Å². The molecule has 0 fully saturated rings. The zero-order chi connectivity index (χ0) is 9.46. The Labute approximate surface area is 71.9 Å². The summed E-state index contributed by atoms with van der Waals surface area (Å²) in [5, 5.41) is 9.71. The molecule has 5 nitrogen and oxygen atoms in total. The molecule has 0 amide bonds. The van der Waals surface area contributed by atoms with E-state index in [1.165, 1.54) is 0 Å². The summed E-state index contributed by atoms with van der Waals surface area (Å²) in [5.74, 6) is -0.135. The molecule has 0 aromatic heterocycles. The fourth-order valence-corrected chi connectivity index (χ4v) is 1.15. The molecule has 0 saturated carbocycles. The quantitative estimate of drug-likeness (QED) is 0.157. The summed E-state index contributed by atoms with van der Waals surface area (Å²) >= 11 is 0. The van der Waals surface area contributed by atoms with Crippen LogP contribution in [0.2, 0.25) is 0 Å². The standard InChI is InChI=1S/C6H11N4OP/c7-1-2(8)4(10)6(12)5(11)3(1)9/h11H,7-10,12H2. The van der Waals surface area contributed by atoms with Gasteiger partial charge in [-0.2, -0.15) is 0 Å². The third-order valence-corrected chi connectivity index (χ3v) is 2.26. The topological polar surface area (TPSA) is 124 Å². The Hall–Kier alpha value is -1.35. The van der Waals surface area contributed by atoms with Gasteiger partial charge >= 0.3 is 0 Å². The van der Waals surface area contributed by atoms with Crippen LogP contribution < -0.4 is 28.2 Å². The lowest BCUT2D eigenvalue weighted by atomic mass is 10.2. The second kappa shape index (κ2) is 2.60. The number of hydrogen-bond acceptors (Lipinski definition) is 5. The van der Waals surface area contributed by atoms with Crippen molar-refractivity contribution < 1.29 is 5.11 Å². The number of phenols is 1. The lowest BCUT2D eigenvalue weighted by Crippen LogP contribution is -2.12. The van der Waals surface area contributed by atoms with Crippen molar-refractivity contribution in [1.82, 2.24) is 0 Å². The molecule has 0 radical (unpaired) electrons. The highest BCUT2D eigenvalue weighted by molar-refractivity contribution is 7.28. The average molecular weight is 186 g/mol. The molecule has 9 N–H and O–H groups in total. The van der Waals surface area contributed by atoms with Gasteiger partial charge in [-0.15, -0.1) is 0 Å². The van der Waals surface area contributed by atoms with E-state index >= 15 is 0 Å². The van der Waals surface area contributed by atoms with Gasteiger partial charge in [-0.05, 0) is 0 Å². The molecule has 0 spiro atoms. The number of nitrogens with two attached hydrogens (primary N) is 4. The van der Waals surface area contributed by atoms with Crippen LogP contribution in [0.15, 0.2) is 0 Å². The van der Waals surface area contributed by atoms with E-state index in [9.17, 15) is 5.11 Å². The third kappa shape index (κ3) is 0.987. The lowest BCUT2D eigenvalue weighted by molar-refractivity contribution is 0.483. The van der Waals surface area contributed by atoms with Crippen molar-refractivity contribution in [3.63, 3.8) is 0 Å². The van der Waals surface area contributed by atoms with Gasteiger partial charge in [0.05, 0.1) is 17.1 Å². The van der Waals surface area contributed by atoms with Gasteiger partial charge < -0.3 is 28.0 Å². The van der Waals surface area contributed by atoms with Crippen LogP contribution in [0.25, 0.3) is 0 Å². The summed E-state index contributed by atoms with van der Waals surface area (Å²) < 4.78 is 0. The van der Waals surface area contributed by atoms with Gasteiger partial charge in [-0.1, -0.05) is 9.24 Å². The molecular weight excluding hydrogens is 175 g/mol. The van der Waals surface area contributed by atoms with Crippen LogP contribution in [0.5, 0.6) is 5.75 Å². The molecule has 1 aromatic carbocycles. The van der Waals surface area contributed by atoms with Crippen molar-refractivity contribution in [2.24, 2.45) is 0 Å². The van der Waals surface area contributed by atoms with E-state index in [0.29, 0.717) is 5.30 Å². The molecule has 0 bridgehead atoms. The summed E-state index contributed by atoms with van der Waals surface area (Å²) in [6.07, 6.45) is 0. The highest BCUT2D eigenvalue weighted by atomic mass is 31.0. The molecule has 12 heavy (non-hydrogen) atoms. The molecule has 1 rings (SSSR count). The molecule has 1 atom stereocenters. The van der Waals surface area contributed by atoms with Crippen LogP contribution in [-0.2, 0) is 0 Å². The summed E-state index contributed by atoms with van der Waals surface area (Å²) in [5.41, 5.74) is 22.5. The van der Waals surface area contributed by atoms with Crippen LogP contribution in [0.4, 0.5) is 22.7 Å². The Bertz CT molecular complexity index is 234. The van der Waals surface area contributed by atoms with E-state index in [4.69, 9.17) is 22.9 Å². The van der Waals surface area contributed by atoms with Crippen molar-refractivity contribution in [1.29, 1.82) is 0 Å². The SMILES string of the molecule is Nc1c(N)c(N)c(P)c(O)c1N. The van der Waals surface area contributed by atoms with E-state index in [1.54, 1.807) is 0 Å². The molecule has 6 heteroatoms. The van der Waals surface area contributed by atoms with Crippen molar-refractivity contribution in [2.45, 2.75) is 0 Å². The van der Waals surface area contributed by atoms with Gasteiger partial charge in [-0.3, -0.25) is 0 Å². The maximum Gasteiger partial charge on any atom is 0.149 e. The van der Waals surface area contributed by atoms with Gasteiger partial charge in [0.25, 0.3) is 0 Å². The first kappa shape index (κ1) is 8.74. The predicted octanol–water partition coefficient (Wildman–Crippen LogP) is -0.779. The summed E-state index contributed by atoms with van der Waals surface area (Å²) in [6.45, 7) is 0. The van der Waals surface area contributed by atoms with E-state index < -0.39 is 0 Å². The molecule has 1 unspecified atom stereocenters. The minimum Gasteiger partial charge on any atom is -0.505 e. The monoisotopic (exact) mass is 186 g/mol. The van der Waals surface area contributed by atoms with Gasteiger partial charge in [0.15, 0.2) is 0 Å². The minimum atomic E-state index is -0.135. The Morgan fingerprint density at radius 2 is 1.25 bits per heavy atom. The Kier molecular flexibility index (Phi) is 1.90. The van der Waals surface area contributed by atoms with Crippen LogP contribution in [0.1, 0.15) is 0 Å². The number of aromatic hydroxyl groups is 1. The Morgan fingerprint density at radius 3 is 1.75 bits per heavy atom. The first-order chi connectivity index (χ1) is 5.46. The Balaban J connectivity index is 3.60. The van der Waals surface area contributed by atoms with Crippen LogP contribution >= 0.6 is 9.24 Å². The highest BCUT2D eigenvalue weighted by Crippen LogP contribution is 2.35. The van der Waals surface area contributed by atoms with Crippen LogP contribution in [0.3, 0.4) is 0 Å². The van der Waals surface area contributed by atoms with E-state index in [1.807, 2.05) is 0 Å². The molecule has 0 aliphatic rings. The van der Waals surface area contributed by atoms with Gasteiger partial charge in [0, 0.05) is 5.30 Å². The number of rotatable bonds is 0. The smallest absolute Gasteiger partial charge is 0.149 e. The molecule has 1 aromatic rings. The van der Waals surface area contributed by atoms with Crippen molar-refractivity contribution in [3.8, 4) is 5.75 Å². The fourth-order valence-electron chi connectivity index (χ4n) is 0.835. The van der Waals surface area contributed by atoms with E-state index in [2.05, 4.69) is 9.24 Å². The summed E-state index contributed by atoms with van der Waals surface area (Å²) in [6, 6.07) is 0. The van der Waals surface area contributed by atoms with Gasteiger partial charge in [0.2, 0.25) is 0 Å². The zero-order valence-corrected chi connectivity index (χ0v) is 7.49. The number of anilines is 4. The van der Waals surface area contributed by atoms with Crippen molar-refractivity contribution >= 4 is 37.3 Å². The Morgan fingerprint density at radius 1 is 0.833 bits per heavy atom. The predicted molar refractivity (Wildman–Crippen MR) is 55.1 cm³/mol. The number of phenolic OH excluding ortho intramolecular Hbond substituents is 1. The number of hydrogen-bond donors (Lipinski definition) is 5. The second-order valence-corrected chi connectivity index (χ2v) is 2.99. The van der Waals surface area contributed by atoms with Crippen molar-refractivity contribution in [3.05, 3.63) is 0 Å². The summed E-state index contributed by atoms with van der Waals surface area (Å²) in [4.78, 5) is 0.